The molecule has 0 aliphatic carbocycles. The Bertz CT molecular complexity index is 600. The van der Waals surface area contributed by atoms with Gasteiger partial charge in [-0.3, -0.25) is 0 Å². The molecule has 0 aromatic heterocycles. The minimum atomic E-state index is 0.554. The largest absolute Gasteiger partial charge is 0.490 e. The Hall–Kier alpha value is -2.04. The van der Waals surface area contributed by atoms with E-state index in [1.807, 2.05) is 31.2 Å². The predicted octanol–water partition coefficient (Wildman–Crippen LogP) is 0.872. The normalized spacial score (nSPS) is 10.8. The number of nitrogens with two attached hydrogens (primary N) is 1. The zero-order valence-corrected chi connectivity index (χ0v) is 15.0. The van der Waals surface area contributed by atoms with Crippen molar-refractivity contribution in [2.45, 2.75) is 20.1 Å². The van der Waals surface area contributed by atoms with E-state index in [1.165, 1.54) is 10.5 Å². The first kappa shape index (κ1) is 18.3. The van der Waals surface area contributed by atoms with Crippen LogP contribution in [0.1, 0.15) is 18.1 Å². The fraction of sp³-hybridized carbons (Fsp3) is 0.400. The van der Waals surface area contributed by atoms with Crippen LogP contribution < -0.4 is 19.7 Å². The number of hydrogen-bond donors (Lipinski definition) is 2. The highest BCUT2D eigenvalue weighted by molar-refractivity contribution is 5.43. The molecular weight excluding hydrogens is 300 g/mol. The van der Waals surface area contributed by atoms with Crippen molar-refractivity contribution in [3.05, 3.63) is 59.7 Å². The molecule has 0 heterocycles. The van der Waals surface area contributed by atoms with E-state index in [1.54, 1.807) is 0 Å². The maximum Gasteiger partial charge on any atom is 0.161 e. The van der Waals surface area contributed by atoms with Crippen LogP contribution in [0.3, 0.4) is 0 Å². The monoisotopic (exact) mass is 330 g/mol. The SMILES string of the molecule is CCOc1cc(C[NH2+]CC[NH+](C)C)ccc1OCc1ccccc1. The summed E-state index contributed by atoms with van der Waals surface area (Å²) in [5.74, 6) is 1.64. The van der Waals surface area contributed by atoms with Crippen LogP contribution >= 0.6 is 0 Å². The molecule has 0 amide bonds. The third-order valence-electron chi connectivity index (χ3n) is 3.77. The van der Waals surface area contributed by atoms with Gasteiger partial charge in [0.05, 0.1) is 20.7 Å². The molecule has 0 aliphatic rings. The van der Waals surface area contributed by atoms with Gasteiger partial charge in [0, 0.05) is 5.56 Å². The van der Waals surface area contributed by atoms with E-state index in [2.05, 4.69) is 43.7 Å². The summed E-state index contributed by atoms with van der Waals surface area (Å²) in [6, 6.07) is 16.4. The molecule has 0 spiro atoms. The van der Waals surface area contributed by atoms with Gasteiger partial charge < -0.3 is 19.7 Å². The molecule has 3 N–H and O–H groups in total. The highest BCUT2D eigenvalue weighted by Gasteiger charge is 2.08. The van der Waals surface area contributed by atoms with Gasteiger partial charge in [-0.25, -0.2) is 0 Å². The molecule has 0 bridgehead atoms. The second-order valence-corrected chi connectivity index (χ2v) is 6.23. The van der Waals surface area contributed by atoms with Crippen LogP contribution in [0.25, 0.3) is 0 Å². The third kappa shape index (κ3) is 6.22. The van der Waals surface area contributed by atoms with E-state index in [0.717, 1.165) is 36.7 Å². The molecule has 2 aromatic rings. The summed E-state index contributed by atoms with van der Waals surface area (Å²) in [5.41, 5.74) is 2.42. The van der Waals surface area contributed by atoms with Crippen molar-refractivity contribution in [2.24, 2.45) is 0 Å². The highest BCUT2D eigenvalue weighted by atomic mass is 16.5. The van der Waals surface area contributed by atoms with Crippen molar-refractivity contribution < 1.29 is 19.7 Å². The van der Waals surface area contributed by atoms with Gasteiger partial charge in [-0.2, -0.15) is 0 Å². The number of likely N-dealkylation sites (N-methyl/N-ethyl adjacent to an activating group) is 1. The summed E-state index contributed by atoms with van der Waals surface area (Å²) in [7, 11) is 4.36. The van der Waals surface area contributed by atoms with Crippen molar-refractivity contribution in [3.8, 4) is 11.5 Å². The second kappa shape index (κ2) is 9.96. The van der Waals surface area contributed by atoms with Crippen molar-refractivity contribution in [2.75, 3.05) is 33.8 Å². The summed E-state index contributed by atoms with van der Waals surface area (Å²) in [6.45, 7) is 6.44. The molecule has 0 radical (unpaired) electrons. The Morgan fingerprint density at radius 2 is 1.71 bits per heavy atom. The first-order chi connectivity index (χ1) is 11.7. The summed E-state index contributed by atoms with van der Waals surface area (Å²) in [6.07, 6.45) is 0. The Morgan fingerprint density at radius 3 is 2.42 bits per heavy atom. The van der Waals surface area contributed by atoms with Crippen LogP contribution in [0.4, 0.5) is 0 Å². The van der Waals surface area contributed by atoms with Gasteiger partial charge in [-0.05, 0) is 30.7 Å². The number of hydrogen-bond acceptors (Lipinski definition) is 2. The molecule has 4 heteroatoms. The third-order valence-corrected chi connectivity index (χ3v) is 3.77. The van der Waals surface area contributed by atoms with Gasteiger partial charge in [0.2, 0.25) is 0 Å². The molecule has 4 nitrogen and oxygen atoms in total. The number of rotatable bonds is 10. The summed E-state index contributed by atoms with van der Waals surface area (Å²) < 4.78 is 11.7. The standard InChI is InChI=1S/C20H28N2O2/c1-4-23-20-14-18(15-21-12-13-22(2)3)10-11-19(20)24-16-17-8-6-5-7-9-17/h5-11,14,21H,4,12-13,15-16H2,1-3H3/p+2. The zero-order chi connectivity index (χ0) is 17.2. The maximum atomic E-state index is 5.95. The Morgan fingerprint density at radius 1 is 0.917 bits per heavy atom. The van der Waals surface area contributed by atoms with Crippen LogP contribution in [0.5, 0.6) is 11.5 Å². The molecular formula is C20H30N2O2+2. The van der Waals surface area contributed by atoms with Gasteiger partial charge in [0.25, 0.3) is 0 Å². The lowest BCUT2D eigenvalue weighted by Gasteiger charge is -2.13. The molecule has 24 heavy (non-hydrogen) atoms. The first-order valence-electron chi connectivity index (χ1n) is 8.72. The smallest absolute Gasteiger partial charge is 0.161 e. The second-order valence-electron chi connectivity index (χ2n) is 6.23. The van der Waals surface area contributed by atoms with Gasteiger partial charge in [-0.15, -0.1) is 0 Å². The van der Waals surface area contributed by atoms with Gasteiger partial charge >= 0.3 is 0 Å². The summed E-state index contributed by atoms with van der Waals surface area (Å²) in [5, 5.41) is 2.34. The average molecular weight is 330 g/mol. The maximum absolute atomic E-state index is 5.95. The molecule has 2 aromatic carbocycles. The molecule has 0 atom stereocenters. The minimum absolute atomic E-state index is 0.554. The summed E-state index contributed by atoms with van der Waals surface area (Å²) in [4.78, 5) is 1.48. The number of nitrogens with one attached hydrogen (secondary N) is 1. The van der Waals surface area contributed by atoms with Crippen LogP contribution in [0.2, 0.25) is 0 Å². The quantitative estimate of drug-likeness (QED) is 0.635. The van der Waals surface area contributed by atoms with Crippen molar-refractivity contribution in [3.63, 3.8) is 0 Å². The van der Waals surface area contributed by atoms with Crippen molar-refractivity contribution in [1.82, 2.24) is 0 Å². The Labute approximate surface area is 145 Å². The van der Waals surface area contributed by atoms with Crippen molar-refractivity contribution in [1.29, 1.82) is 0 Å². The van der Waals surface area contributed by atoms with Gasteiger partial charge in [-0.1, -0.05) is 30.3 Å². The fourth-order valence-electron chi connectivity index (χ4n) is 2.46. The molecule has 2 rings (SSSR count). The van der Waals surface area contributed by atoms with E-state index in [4.69, 9.17) is 9.47 Å². The van der Waals surface area contributed by atoms with Crippen LogP contribution in [-0.4, -0.2) is 33.8 Å². The highest BCUT2D eigenvalue weighted by Crippen LogP contribution is 2.29. The predicted molar refractivity (Wildman–Crippen MR) is 96.6 cm³/mol. The Balaban J connectivity index is 1.95. The number of benzene rings is 2. The van der Waals surface area contributed by atoms with Crippen molar-refractivity contribution >= 4 is 0 Å². The van der Waals surface area contributed by atoms with E-state index in [-0.39, 0.29) is 0 Å². The van der Waals surface area contributed by atoms with E-state index < -0.39 is 0 Å². The Kier molecular flexibility index (Phi) is 7.59. The van der Waals surface area contributed by atoms with Crippen LogP contribution in [0, 0.1) is 0 Å². The van der Waals surface area contributed by atoms with Crippen LogP contribution in [0.15, 0.2) is 48.5 Å². The lowest BCUT2D eigenvalue weighted by atomic mass is 10.2. The van der Waals surface area contributed by atoms with Gasteiger partial charge in [0.15, 0.2) is 11.5 Å². The lowest BCUT2D eigenvalue weighted by molar-refractivity contribution is -0.875. The molecule has 0 saturated carbocycles. The summed E-state index contributed by atoms with van der Waals surface area (Å²) >= 11 is 0. The molecule has 0 aliphatic heterocycles. The lowest BCUT2D eigenvalue weighted by Crippen LogP contribution is -3.09. The van der Waals surface area contributed by atoms with Gasteiger partial charge in [0.1, 0.15) is 26.2 Å². The molecule has 130 valence electrons. The molecule has 0 fully saturated rings. The number of ether oxygens (including phenoxy) is 2. The molecule has 0 unspecified atom stereocenters. The van der Waals surface area contributed by atoms with Crippen LogP contribution in [-0.2, 0) is 13.2 Å². The minimum Gasteiger partial charge on any atom is -0.490 e. The molecule has 0 saturated heterocycles. The zero-order valence-electron chi connectivity index (χ0n) is 15.0. The average Bonchev–Trinajstić information content (AvgIpc) is 2.59. The topological polar surface area (TPSA) is 39.5 Å². The first-order valence-corrected chi connectivity index (χ1v) is 8.72. The fourth-order valence-corrected chi connectivity index (χ4v) is 2.46. The van der Waals surface area contributed by atoms with E-state index >= 15 is 0 Å². The number of quaternary nitrogens is 2. The van der Waals surface area contributed by atoms with E-state index in [0.29, 0.717) is 13.2 Å². The van der Waals surface area contributed by atoms with E-state index in [9.17, 15) is 0 Å².